The van der Waals surface area contributed by atoms with Gasteiger partial charge < -0.3 is 14.9 Å². The van der Waals surface area contributed by atoms with E-state index in [1.54, 1.807) is 0 Å². The average molecular weight is 203 g/mol. The Hall–Kier alpha value is -1.14. The predicted octanol–water partition coefficient (Wildman–Crippen LogP) is -0.358. The Morgan fingerprint density at radius 2 is 1.79 bits per heavy atom. The molecule has 0 amide bonds. The number of hydrogen-bond donors (Lipinski definition) is 3. The lowest BCUT2D eigenvalue weighted by Gasteiger charge is -2.38. The number of aliphatic carboxylic acids is 2. The van der Waals surface area contributed by atoms with Crippen molar-refractivity contribution in [2.75, 3.05) is 13.2 Å². The van der Waals surface area contributed by atoms with Gasteiger partial charge in [0.05, 0.1) is 6.61 Å². The third-order valence-corrected chi connectivity index (χ3v) is 2.27. The molecule has 2 aliphatic heterocycles. The van der Waals surface area contributed by atoms with Gasteiger partial charge in [-0.1, -0.05) is 0 Å². The number of rotatable bonds is 0. The molecule has 1 spiro atoms. The molecule has 0 aromatic heterocycles. The molecule has 0 aliphatic carbocycles. The Morgan fingerprint density at radius 3 is 1.93 bits per heavy atom. The van der Waals surface area contributed by atoms with Crippen LogP contribution in [0, 0.1) is 0 Å². The van der Waals surface area contributed by atoms with Crippen LogP contribution in [0.4, 0.5) is 0 Å². The highest BCUT2D eigenvalue weighted by atomic mass is 16.5. The zero-order valence-electron chi connectivity index (χ0n) is 7.65. The summed E-state index contributed by atoms with van der Waals surface area (Å²) in [5.74, 6) is -3.65. The Labute approximate surface area is 80.9 Å². The summed E-state index contributed by atoms with van der Waals surface area (Å²) in [6.45, 7) is 2.12. The van der Waals surface area contributed by atoms with Crippen LogP contribution in [0.3, 0.4) is 0 Å². The maximum atomic E-state index is 9.10. The summed E-state index contributed by atoms with van der Waals surface area (Å²) in [6.07, 6.45) is 3.75. The van der Waals surface area contributed by atoms with E-state index in [0.29, 0.717) is 0 Å². The van der Waals surface area contributed by atoms with Gasteiger partial charge in [0.15, 0.2) is 0 Å². The molecule has 0 bridgehead atoms. The summed E-state index contributed by atoms with van der Waals surface area (Å²) in [6, 6.07) is 0. The number of hydrogen-bond acceptors (Lipinski definition) is 4. The molecule has 1 atom stereocenters. The van der Waals surface area contributed by atoms with Crippen molar-refractivity contribution in [3.8, 4) is 0 Å². The van der Waals surface area contributed by atoms with Gasteiger partial charge in [0.1, 0.15) is 5.72 Å². The second-order valence-corrected chi connectivity index (χ2v) is 3.23. The van der Waals surface area contributed by atoms with E-state index in [0.717, 1.165) is 13.2 Å². The normalized spacial score (nSPS) is 28.9. The van der Waals surface area contributed by atoms with Crippen molar-refractivity contribution in [2.45, 2.75) is 25.0 Å². The minimum absolute atomic E-state index is 0.167. The highest BCUT2D eigenvalue weighted by molar-refractivity contribution is 6.27. The van der Waals surface area contributed by atoms with E-state index in [1.807, 2.05) is 0 Å². The fraction of sp³-hybridized carbons (Fsp3) is 0.750. The number of ether oxygens (including phenoxy) is 1. The summed E-state index contributed by atoms with van der Waals surface area (Å²) >= 11 is 0. The number of nitrogens with one attached hydrogen (secondary N) is 1. The highest BCUT2D eigenvalue weighted by Gasteiger charge is 2.40. The van der Waals surface area contributed by atoms with Crippen molar-refractivity contribution in [2.24, 2.45) is 0 Å². The van der Waals surface area contributed by atoms with E-state index in [9.17, 15) is 0 Å². The van der Waals surface area contributed by atoms with Crippen LogP contribution in [-0.4, -0.2) is 41.0 Å². The van der Waals surface area contributed by atoms with Gasteiger partial charge >= 0.3 is 11.9 Å². The SMILES string of the molecule is C1CNC2(C1)CCO2.O=C(O)C(=O)O. The van der Waals surface area contributed by atoms with Crippen molar-refractivity contribution in [3.05, 3.63) is 0 Å². The van der Waals surface area contributed by atoms with Gasteiger partial charge in [0, 0.05) is 6.42 Å². The van der Waals surface area contributed by atoms with Crippen LogP contribution in [0.1, 0.15) is 19.3 Å². The second-order valence-electron chi connectivity index (χ2n) is 3.23. The van der Waals surface area contributed by atoms with Gasteiger partial charge in [0.25, 0.3) is 0 Å². The van der Waals surface area contributed by atoms with Crippen molar-refractivity contribution >= 4 is 11.9 Å². The summed E-state index contributed by atoms with van der Waals surface area (Å²) in [5, 5.41) is 18.1. The molecule has 2 fully saturated rings. The third-order valence-electron chi connectivity index (χ3n) is 2.27. The van der Waals surface area contributed by atoms with E-state index < -0.39 is 11.9 Å². The molecule has 3 N–H and O–H groups in total. The molecule has 14 heavy (non-hydrogen) atoms. The summed E-state index contributed by atoms with van der Waals surface area (Å²) in [7, 11) is 0. The van der Waals surface area contributed by atoms with Crippen LogP contribution in [0.5, 0.6) is 0 Å². The van der Waals surface area contributed by atoms with Crippen LogP contribution < -0.4 is 5.32 Å². The maximum absolute atomic E-state index is 9.10. The highest BCUT2D eigenvalue weighted by Crippen LogP contribution is 2.31. The minimum Gasteiger partial charge on any atom is -0.473 e. The fourth-order valence-electron chi connectivity index (χ4n) is 1.46. The number of carbonyl (C=O) groups is 2. The van der Waals surface area contributed by atoms with E-state index in [1.165, 1.54) is 19.3 Å². The van der Waals surface area contributed by atoms with Crippen LogP contribution in [0.25, 0.3) is 0 Å². The molecule has 6 heteroatoms. The topological polar surface area (TPSA) is 95.9 Å². The lowest BCUT2D eigenvalue weighted by molar-refractivity contribution is -0.159. The monoisotopic (exact) mass is 203 g/mol. The Morgan fingerprint density at radius 1 is 1.21 bits per heavy atom. The first-order chi connectivity index (χ1) is 6.56. The Bertz CT molecular complexity index is 216. The van der Waals surface area contributed by atoms with E-state index >= 15 is 0 Å². The molecule has 6 nitrogen and oxygen atoms in total. The molecule has 80 valence electrons. The summed E-state index contributed by atoms with van der Waals surface area (Å²) in [4.78, 5) is 18.2. The van der Waals surface area contributed by atoms with E-state index in [-0.39, 0.29) is 5.72 Å². The predicted molar refractivity (Wildman–Crippen MR) is 45.8 cm³/mol. The molecule has 0 aromatic rings. The summed E-state index contributed by atoms with van der Waals surface area (Å²) < 4.78 is 5.37. The van der Waals surface area contributed by atoms with E-state index in [4.69, 9.17) is 24.5 Å². The van der Waals surface area contributed by atoms with Crippen LogP contribution in [-0.2, 0) is 14.3 Å². The molecule has 1 unspecified atom stereocenters. The molecule has 2 saturated heterocycles. The molecule has 0 saturated carbocycles. The van der Waals surface area contributed by atoms with Gasteiger partial charge in [-0.2, -0.15) is 0 Å². The number of carboxylic acid groups (broad SMARTS) is 2. The first kappa shape index (κ1) is 10.9. The smallest absolute Gasteiger partial charge is 0.414 e. The van der Waals surface area contributed by atoms with Crippen LogP contribution >= 0.6 is 0 Å². The zero-order valence-corrected chi connectivity index (χ0v) is 7.65. The van der Waals surface area contributed by atoms with Gasteiger partial charge in [-0.05, 0) is 19.4 Å². The van der Waals surface area contributed by atoms with Crippen molar-refractivity contribution in [1.29, 1.82) is 0 Å². The van der Waals surface area contributed by atoms with Crippen molar-refractivity contribution in [3.63, 3.8) is 0 Å². The molecule has 2 aliphatic rings. The molecule has 0 radical (unpaired) electrons. The van der Waals surface area contributed by atoms with Crippen molar-refractivity contribution < 1.29 is 24.5 Å². The lowest BCUT2D eigenvalue weighted by atomic mass is 10.0. The number of carboxylic acids is 2. The largest absolute Gasteiger partial charge is 0.473 e. The first-order valence-electron chi connectivity index (χ1n) is 4.41. The molecular formula is C8H13NO5. The van der Waals surface area contributed by atoms with Gasteiger partial charge in [0.2, 0.25) is 0 Å². The van der Waals surface area contributed by atoms with Gasteiger partial charge in [-0.25, -0.2) is 9.59 Å². The van der Waals surface area contributed by atoms with Gasteiger partial charge in [-0.3, -0.25) is 5.32 Å². The van der Waals surface area contributed by atoms with Crippen LogP contribution in [0.15, 0.2) is 0 Å². The Balaban J connectivity index is 0.000000149. The second kappa shape index (κ2) is 4.39. The Kier molecular flexibility index (Phi) is 3.43. The van der Waals surface area contributed by atoms with E-state index in [2.05, 4.69) is 5.32 Å². The first-order valence-corrected chi connectivity index (χ1v) is 4.41. The van der Waals surface area contributed by atoms with Crippen molar-refractivity contribution in [1.82, 2.24) is 5.32 Å². The van der Waals surface area contributed by atoms with Gasteiger partial charge in [-0.15, -0.1) is 0 Å². The summed E-state index contributed by atoms with van der Waals surface area (Å²) in [5.41, 5.74) is 0.167. The lowest BCUT2D eigenvalue weighted by Crippen LogP contribution is -2.51. The standard InChI is InChI=1S/C6H11NO.C2H2O4/c1-2-6(7-4-1)3-5-8-6;3-1(4)2(5)6/h7H,1-5H2;(H,3,4)(H,5,6). The molecular weight excluding hydrogens is 190 g/mol. The quantitative estimate of drug-likeness (QED) is 0.465. The zero-order chi connectivity index (χ0) is 10.6. The minimum atomic E-state index is -1.82. The molecule has 2 heterocycles. The third kappa shape index (κ3) is 2.68. The molecule has 0 aromatic carbocycles. The average Bonchev–Trinajstić information content (AvgIpc) is 2.51. The van der Waals surface area contributed by atoms with Crippen LogP contribution in [0.2, 0.25) is 0 Å². The maximum Gasteiger partial charge on any atom is 0.414 e. The molecule has 2 rings (SSSR count). The fourth-order valence-corrected chi connectivity index (χ4v) is 1.46.